The van der Waals surface area contributed by atoms with Crippen LogP contribution in [0.25, 0.3) is 0 Å². The van der Waals surface area contributed by atoms with Gasteiger partial charge in [0.2, 0.25) is 0 Å². The Morgan fingerprint density at radius 2 is 1.84 bits per heavy atom. The topological polar surface area (TPSA) is 61.3 Å². The van der Waals surface area contributed by atoms with E-state index in [0.717, 1.165) is 20.4 Å². The van der Waals surface area contributed by atoms with Gasteiger partial charge in [0.05, 0.1) is 17.8 Å². The van der Waals surface area contributed by atoms with Gasteiger partial charge in [-0.05, 0) is 35.0 Å². The zero-order valence-electron chi connectivity index (χ0n) is 13.4. The number of benzene rings is 1. The summed E-state index contributed by atoms with van der Waals surface area (Å²) in [7, 11) is 0. The minimum absolute atomic E-state index is 0.145. The van der Waals surface area contributed by atoms with Crippen molar-refractivity contribution in [2.24, 2.45) is 0 Å². The fourth-order valence-corrected chi connectivity index (χ4v) is 3.72. The summed E-state index contributed by atoms with van der Waals surface area (Å²) in [6.45, 7) is 2.59. The Bertz CT molecular complexity index is 846. The maximum absolute atomic E-state index is 11.9. The zero-order valence-corrected chi connectivity index (χ0v) is 16.6. The van der Waals surface area contributed by atoms with Crippen molar-refractivity contribution >= 4 is 44.6 Å². The van der Waals surface area contributed by atoms with Crippen LogP contribution in [-0.2, 0) is 29.2 Å². The molecule has 0 spiro atoms. The lowest BCUT2D eigenvalue weighted by Crippen LogP contribution is -2.08. The molecule has 3 aromatic rings. The number of ether oxygens (including phenoxy) is 2. The van der Waals surface area contributed by atoms with Crippen LogP contribution in [0.4, 0.5) is 0 Å². The Morgan fingerprint density at radius 3 is 2.56 bits per heavy atom. The second-order valence-electron chi connectivity index (χ2n) is 5.26. The van der Waals surface area contributed by atoms with E-state index in [2.05, 4.69) is 25.9 Å². The molecule has 0 aliphatic rings. The van der Waals surface area contributed by atoms with E-state index in [-0.39, 0.29) is 19.0 Å². The number of aromatic nitrogens is 2. The molecule has 8 heteroatoms. The molecule has 0 bridgehead atoms. The number of hydrogen-bond donors (Lipinski definition) is 0. The van der Waals surface area contributed by atoms with Crippen molar-refractivity contribution in [2.75, 3.05) is 0 Å². The molecule has 0 atom stereocenters. The van der Waals surface area contributed by atoms with Gasteiger partial charge in [-0.2, -0.15) is 0 Å². The number of rotatable bonds is 7. The van der Waals surface area contributed by atoms with Crippen molar-refractivity contribution in [3.05, 3.63) is 60.9 Å². The molecule has 130 valence electrons. The number of aryl methyl sites for hydroxylation is 1. The first-order chi connectivity index (χ1) is 12.1. The van der Waals surface area contributed by atoms with E-state index >= 15 is 0 Å². The summed E-state index contributed by atoms with van der Waals surface area (Å²) >= 11 is 6.21. The summed E-state index contributed by atoms with van der Waals surface area (Å²) in [5, 5.41) is 4.53. The largest absolute Gasteiger partial charge is 0.486 e. The minimum Gasteiger partial charge on any atom is -0.486 e. The van der Waals surface area contributed by atoms with E-state index in [1.165, 1.54) is 28.2 Å². The summed E-state index contributed by atoms with van der Waals surface area (Å²) < 4.78 is 11.7. The summed E-state index contributed by atoms with van der Waals surface area (Å²) in [5.74, 6) is 0.483. The fraction of sp³-hybridized carbons (Fsp3) is 0.235. The van der Waals surface area contributed by atoms with Gasteiger partial charge in [0.1, 0.15) is 24.0 Å². The lowest BCUT2D eigenvalue weighted by atomic mass is 10.2. The Balaban J connectivity index is 1.45. The molecule has 25 heavy (non-hydrogen) atoms. The van der Waals surface area contributed by atoms with Crippen molar-refractivity contribution in [3.63, 3.8) is 0 Å². The van der Waals surface area contributed by atoms with Crippen LogP contribution in [0.1, 0.15) is 22.0 Å². The van der Waals surface area contributed by atoms with Crippen LogP contribution in [0.15, 0.2) is 38.9 Å². The first-order valence-corrected chi connectivity index (χ1v) is 10.0. The summed E-state index contributed by atoms with van der Waals surface area (Å²) in [4.78, 5) is 20.5. The smallest absolute Gasteiger partial charge is 0.312 e. The Hall–Kier alpha value is -1.77. The predicted molar refractivity (Wildman–Crippen MR) is 101 cm³/mol. The van der Waals surface area contributed by atoms with Crippen LogP contribution in [0.2, 0.25) is 0 Å². The molecule has 0 amide bonds. The van der Waals surface area contributed by atoms with Gasteiger partial charge in [0.15, 0.2) is 3.92 Å². The highest BCUT2D eigenvalue weighted by atomic mass is 79.9. The minimum atomic E-state index is -0.319. The van der Waals surface area contributed by atoms with Crippen LogP contribution >= 0.6 is 38.6 Å². The third-order valence-corrected chi connectivity index (χ3v) is 5.50. The molecule has 0 aliphatic heterocycles. The van der Waals surface area contributed by atoms with Gasteiger partial charge >= 0.3 is 5.97 Å². The lowest BCUT2D eigenvalue weighted by molar-refractivity contribution is -0.144. The number of halogens is 1. The molecule has 0 radical (unpaired) electrons. The van der Waals surface area contributed by atoms with Crippen LogP contribution in [0.3, 0.4) is 0 Å². The van der Waals surface area contributed by atoms with E-state index < -0.39 is 0 Å². The Morgan fingerprint density at radius 1 is 1.08 bits per heavy atom. The van der Waals surface area contributed by atoms with Gasteiger partial charge < -0.3 is 9.47 Å². The quantitative estimate of drug-likeness (QED) is 0.506. The van der Waals surface area contributed by atoms with Crippen LogP contribution in [-0.4, -0.2) is 15.9 Å². The number of esters is 1. The zero-order chi connectivity index (χ0) is 17.6. The Labute approximate surface area is 161 Å². The highest BCUT2D eigenvalue weighted by Crippen LogP contribution is 2.18. The second-order valence-corrected chi connectivity index (χ2v) is 8.34. The van der Waals surface area contributed by atoms with Crippen molar-refractivity contribution in [2.45, 2.75) is 26.6 Å². The van der Waals surface area contributed by atoms with Crippen LogP contribution in [0, 0.1) is 6.92 Å². The molecular weight excluding hydrogens is 424 g/mol. The van der Waals surface area contributed by atoms with Gasteiger partial charge in [0, 0.05) is 10.8 Å². The normalized spacial score (nSPS) is 10.6. The molecule has 2 heterocycles. The number of nitrogens with zero attached hydrogens (tertiary/aromatic N) is 2. The van der Waals surface area contributed by atoms with Gasteiger partial charge in [-0.1, -0.05) is 17.7 Å². The first kappa shape index (κ1) is 18.0. The van der Waals surface area contributed by atoms with E-state index in [9.17, 15) is 4.79 Å². The van der Waals surface area contributed by atoms with E-state index in [0.29, 0.717) is 12.3 Å². The van der Waals surface area contributed by atoms with Crippen LogP contribution < -0.4 is 4.74 Å². The van der Waals surface area contributed by atoms with Crippen molar-refractivity contribution in [1.29, 1.82) is 0 Å². The number of hydrogen-bond acceptors (Lipinski definition) is 7. The maximum Gasteiger partial charge on any atom is 0.312 e. The van der Waals surface area contributed by atoms with Crippen molar-refractivity contribution < 1.29 is 14.3 Å². The van der Waals surface area contributed by atoms with Gasteiger partial charge in [-0.15, -0.1) is 22.7 Å². The molecule has 0 fully saturated rings. The van der Waals surface area contributed by atoms with E-state index in [1.807, 2.05) is 41.9 Å². The van der Waals surface area contributed by atoms with Crippen molar-refractivity contribution in [1.82, 2.24) is 9.97 Å². The Kier molecular flexibility index (Phi) is 6.17. The van der Waals surface area contributed by atoms with E-state index in [4.69, 9.17) is 9.47 Å². The molecule has 0 saturated carbocycles. The van der Waals surface area contributed by atoms with E-state index in [1.54, 1.807) is 0 Å². The molecule has 2 aromatic heterocycles. The average molecular weight is 439 g/mol. The number of thiazole rings is 2. The summed E-state index contributed by atoms with van der Waals surface area (Å²) in [6.07, 6.45) is 0.145. The molecule has 0 aliphatic carbocycles. The average Bonchev–Trinajstić information content (AvgIpc) is 3.21. The number of carbonyl (C=O) groups is 1. The predicted octanol–water partition coefficient (Wildman–Crippen LogP) is 4.54. The third-order valence-electron chi connectivity index (χ3n) is 3.21. The molecular formula is C17H15BrN2O3S2. The van der Waals surface area contributed by atoms with Crippen molar-refractivity contribution in [3.8, 4) is 5.75 Å². The molecule has 0 saturated heterocycles. The van der Waals surface area contributed by atoms with Gasteiger partial charge in [-0.3, -0.25) is 4.79 Å². The third kappa shape index (κ3) is 5.62. The first-order valence-electron chi connectivity index (χ1n) is 7.47. The maximum atomic E-state index is 11.9. The molecule has 5 nitrogen and oxygen atoms in total. The standard InChI is InChI=1S/C17H15BrN2O3S2/c1-11-2-4-14(5-3-11)22-8-15-19-12(9-24-15)6-16(21)23-7-13-10-25-17(18)20-13/h2-5,9-10H,6-8H2,1H3. The van der Waals surface area contributed by atoms with Crippen LogP contribution in [0.5, 0.6) is 5.75 Å². The molecule has 0 N–H and O–H groups in total. The second kappa shape index (κ2) is 8.55. The molecule has 1 aromatic carbocycles. The molecule has 3 rings (SSSR count). The summed E-state index contributed by atoms with van der Waals surface area (Å²) in [5.41, 5.74) is 2.61. The molecule has 0 unspecified atom stereocenters. The van der Waals surface area contributed by atoms with Gasteiger partial charge in [0.25, 0.3) is 0 Å². The highest BCUT2D eigenvalue weighted by Gasteiger charge is 2.10. The lowest BCUT2D eigenvalue weighted by Gasteiger charge is -2.04. The monoisotopic (exact) mass is 438 g/mol. The van der Waals surface area contributed by atoms with Gasteiger partial charge in [-0.25, -0.2) is 9.97 Å². The fourth-order valence-electron chi connectivity index (χ4n) is 1.98. The summed E-state index contributed by atoms with van der Waals surface area (Å²) in [6, 6.07) is 7.86. The SMILES string of the molecule is Cc1ccc(OCc2nc(CC(=O)OCc3csc(Br)n3)cs2)cc1. The number of carbonyl (C=O) groups excluding carboxylic acids is 1. The highest BCUT2D eigenvalue weighted by molar-refractivity contribution is 9.11.